The Morgan fingerprint density at radius 3 is 2.47 bits per heavy atom. The fourth-order valence-electron chi connectivity index (χ4n) is 1.49. The van der Waals surface area contributed by atoms with Crippen LogP contribution in [0.15, 0.2) is 42.5 Å². The molecule has 0 bridgehead atoms. The Kier molecular flexibility index (Phi) is 2.78. The van der Waals surface area contributed by atoms with E-state index in [0.717, 1.165) is 6.07 Å². The number of hydrogen-bond donors (Lipinski definition) is 2. The van der Waals surface area contributed by atoms with E-state index in [0.29, 0.717) is 5.56 Å². The second-order valence-corrected chi connectivity index (χ2v) is 3.61. The molecule has 0 aliphatic rings. The van der Waals surface area contributed by atoms with Gasteiger partial charge in [-0.15, -0.1) is 0 Å². The zero-order valence-corrected chi connectivity index (χ0v) is 8.85. The van der Waals surface area contributed by atoms with Gasteiger partial charge in [0.25, 0.3) is 0 Å². The summed E-state index contributed by atoms with van der Waals surface area (Å²) in [5, 5.41) is 9.24. The first kappa shape index (κ1) is 11.1. The standard InChI is InChI=1S/C13H10FNO2/c14-10-3-1-2-8(6-10)13(17)9-4-5-12(16)11(15)7-9/h1-7,16H,15H2. The van der Waals surface area contributed by atoms with Gasteiger partial charge in [0.15, 0.2) is 5.78 Å². The molecule has 17 heavy (non-hydrogen) atoms. The van der Waals surface area contributed by atoms with Gasteiger partial charge >= 0.3 is 0 Å². The van der Waals surface area contributed by atoms with E-state index in [1.807, 2.05) is 0 Å². The van der Waals surface area contributed by atoms with E-state index in [9.17, 15) is 14.3 Å². The number of phenolic OH excluding ortho intramolecular Hbond substituents is 1. The monoisotopic (exact) mass is 231 g/mol. The van der Waals surface area contributed by atoms with Gasteiger partial charge in [0.1, 0.15) is 11.6 Å². The van der Waals surface area contributed by atoms with Crippen LogP contribution in [-0.4, -0.2) is 10.9 Å². The number of nitrogens with two attached hydrogens (primary N) is 1. The Morgan fingerprint density at radius 2 is 1.82 bits per heavy atom. The van der Waals surface area contributed by atoms with Crippen LogP contribution in [0.3, 0.4) is 0 Å². The Bertz CT molecular complexity index is 581. The molecule has 0 unspecified atom stereocenters. The molecule has 0 saturated carbocycles. The van der Waals surface area contributed by atoms with Crippen LogP contribution < -0.4 is 5.73 Å². The molecule has 4 heteroatoms. The van der Waals surface area contributed by atoms with Crippen molar-refractivity contribution in [1.82, 2.24) is 0 Å². The van der Waals surface area contributed by atoms with Gasteiger partial charge in [-0.2, -0.15) is 0 Å². The minimum Gasteiger partial charge on any atom is -0.506 e. The highest BCUT2D eigenvalue weighted by atomic mass is 19.1. The molecule has 0 aromatic heterocycles. The molecular weight excluding hydrogens is 221 g/mol. The van der Waals surface area contributed by atoms with Gasteiger partial charge < -0.3 is 10.8 Å². The highest BCUT2D eigenvalue weighted by Crippen LogP contribution is 2.22. The van der Waals surface area contributed by atoms with Crippen molar-refractivity contribution in [3.8, 4) is 5.75 Å². The van der Waals surface area contributed by atoms with Crippen molar-refractivity contribution in [3.05, 3.63) is 59.4 Å². The number of carbonyl (C=O) groups excluding carboxylic acids is 1. The van der Waals surface area contributed by atoms with Crippen LogP contribution in [0.2, 0.25) is 0 Å². The number of ketones is 1. The van der Waals surface area contributed by atoms with E-state index in [1.165, 1.54) is 36.4 Å². The first-order valence-electron chi connectivity index (χ1n) is 4.96. The maximum Gasteiger partial charge on any atom is 0.193 e. The molecule has 0 saturated heterocycles. The molecule has 0 aliphatic heterocycles. The SMILES string of the molecule is Nc1cc(C(=O)c2cccc(F)c2)ccc1O. The summed E-state index contributed by atoms with van der Waals surface area (Å²) >= 11 is 0. The summed E-state index contributed by atoms with van der Waals surface area (Å²) in [6.07, 6.45) is 0. The lowest BCUT2D eigenvalue weighted by molar-refractivity contribution is 0.103. The molecule has 0 heterocycles. The lowest BCUT2D eigenvalue weighted by atomic mass is 10.0. The Morgan fingerprint density at radius 1 is 1.12 bits per heavy atom. The summed E-state index contributed by atoms with van der Waals surface area (Å²) < 4.78 is 13.0. The van der Waals surface area contributed by atoms with Crippen molar-refractivity contribution < 1.29 is 14.3 Å². The molecule has 3 N–H and O–H groups in total. The molecule has 0 atom stereocenters. The first-order valence-corrected chi connectivity index (χ1v) is 4.96. The lowest BCUT2D eigenvalue weighted by Gasteiger charge is -2.04. The van der Waals surface area contributed by atoms with E-state index in [1.54, 1.807) is 0 Å². The summed E-state index contributed by atoms with van der Waals surface area (Å²) in [7, 11) is 0. The zero-order chi connectivity index (χ0) is 12.4. The highest BCUT2D eigenvalue weighted by Gasteiger charge is 2.11. The van der Waals surface area contributed by atoms with Gasteiger partial charge in [0.2, 0.25) is 0 Å². The van der Waals surface area contributed by atoms with Crippen LogP contribution in [-0.2, 0) is 0 Å². The highest BCUT2D eigenvalue weighted by molar-refractivity contribution is 6.09. The molecule has 2 aromatic rings. The summed E-state index contributed by atoms with van der Waals surface area (Å²) in [4.78, 5) is 12.0. The molecule has 0 aliphatic carbocycles. The van der Waals surface area contributed by atoms with Gasteiger partial charge in [0, 0.05) is 11.1 Å². The summed E-state index contributed by atoms with van der Waals surface area (Å²) in [5.74, 6) is -0.889. The predicted molar refractivity (Wildman–Crippen MR) is 62.4 cm³/mol. The van der Waals surface area contributed by atoms with Gasteiger partial charge in [-0.05, 0) is 30.3 Å². The van der Waals surface area contributed by atoms with Crippen LogP contribution in [0.1, 0.15) is 15.9 Å². The number of nitrogen functional groups attached to an aromatic ring is 1. The maximum atomic E-state index is 13.0. The van der Waals surface area contributed by atoms with Gasteiger partial charge in [0.05, 0.1) is 5.69 Å². The quantitative estimate of drug-likeness (QED) is 0.473. The van der Waals surface area contributed by atoms with Crippen molar-refractivity contribution in [2.45, 2.75) is 0 Å². The number of rotatable bonds is 2. The van der Waals surface area contributed by atoms with Crippen molar-refractivity contribution in [2.75, 3.05) is 5.73 Å². The van der Waals surface area contributed by atoms with Crippen LogP contribution >= 0.6 is 0 Å². The van der Waals surface area contributed by atoms with E-state index >= 15 is 0 Å². The fraction of sp³-hybridized carbons (Fsp3) is 0. The third-order valence-corrected chi connectivity index (χ3v) is 2.38. The van der Waals surface area contributed by atoms with Crippen LogP contribution in [0.4, 0.5) is 10.1 Å². The van der Waals surface area contributed by atoms with E-state index in [2.05, 4.69) is 0 Å². The molecule has 0 spiro atoms. The Balaban J connectivity index is 2.40. The number of aromatic hydroxyl groups is 1. The van der Waals surface area contributed by atoms with Gasteiger partial charge in [-0.1, -0.05) is 12.1 Å². The number of benzene rings is 2. The van der Waals surface area contributed by atoms with Crippen molar-refractivity contribution in [1.29, 1.82) is 0 Å². The number of hydrogen-bond acceptors (Lipinski definition) is 3. The number of phenols is 1. The second-order valence-electron chi connectivity index (χ2n) is 3.61. The van der Waals surface area contributed by atoms with E-state index < -0.39 is 5.82 Å². The zero-order valence-electron chi connectivity index (χ0n) is 8.85. The third-order valence-electron chi connectivity index (χ3n) is 2.38. The molecule has 2 rings (SSSR count). The first-order chi connectivity index (χ1) is 8.08. The summed E-state index contributed by atoms with van der Waals surface area (Å²) in [6, 6.07) is 9.55. The Labute approximate surface area is 97.3 Å². The average Bonchev–Trinajstić information content (AvgIpc) is 2.32. The Hall–Kier alpha value is -2.36. The minimum absolute atomic E-state index is 0.0826. The van der Waals surface area contributed by atoms with Crippen molar-refractivity contribution in [3.63, 3.8) is 0 Å². The van der Waals surface area contributed by atoms with Gasteiger partial charge in [-0.25, -0.2) is 4.39 Å². The molecule has 2 aromatic carbocycles. The molecule has 0 amide bonds. The van der Waals surface area contributed by atoms with Crippen molar-refractivity contribution >= 4 is 11.5 Å². The number of carbonyl (C=O) groups is 1. The van der Waals surface area contributed by atoms with Crippen molar-refractivity contribution in [2.24, 2.45) is 0 Å². The van der Waals surface area contributed by atoms with Crippen LogP contribution in [0, 0.1) is 5.82 Å². The van der Waals surface area contributed by atoms with E-state index in [4.69, 9.17) is 5.73 Å². The van der Waals surface area contributed by atoms with Crippen LogP contribution in [0.25, 0.3) is 0 Å². The molecular formula is C13H10FNO2. The lowest BCUT2D eigenvalue weighted by Crippen LogP contribution is -2.02. The normalized spacial score (nSPS) is 10.2. The largest absolute Gasteiger partial charge is 0.506 e. The van der Waals surface area contributed by atoms with E-state index in [-0.39, 0.29) is 22.8 Å². The second kappa shape index (κ2) is 4.25. The number of anilines is 1. The smallest absolute Gasteiger partial charge is 0.193 e. The molecule has 3 nitrogen and oxygen atoms in total. The minimum atomic E-state index is -0.470. The summed E-state index contributed by atoms with van der Waals surface area (Å²) in [5.41, 5.74) is 6.16. The number of halogens is 1. The third kappa shape index (κ3) is 2.25. The molecule has 0 fully saturated rings. The van der Waals surface area contributed by atoms with Gasteiger partial charge in [-0.3, -0.25) is 4.79 Å². The summed E-state index contributed by atoms with van der Waals surface area (Å²) in [6.45, 7) is 0. The predicted octanol–water partition coefficient (Wildman–Crippen LogP) is 2.34. The average molecular weight is 231 g/mol. The molecule has 86 valence electrons. The van der Waals surface area contributed by atoms with Crippen LogP contribution in [0.5, 0.6) is 5.75 Å². The fourth-order valence-corrected chi connectivity index (χ4v) is 1.49. The maximum absolute atomic E-state index is 13.0. The molecule has 0 radical (unpaired) electrons. The topological polar surface area (TPSA) is 63.3 Å².